The largest absolute Gasteiger partial charge is 0.459 e. The SMILES string of the molecule is CC1N=C(N)OCC1(F)F. The van der Waals surface area contributed by atoms with Crippen molar-refractivity contribution < 1.29 is 13.5 Å². The van der Waals surface area contributed by atoms with Gasteiger partial charge in [0, 0.05) is 0 Å². The molecule has 1 aliphatic rings. The number of hydrogen-bond donors (Lipinski definition) is 1. The highest BCUT2D eigenvalue weighted by Gasteiger charge is 2.40. The van der Waals surface area contributed by atoms with Crippen molar-refractivity contribution in [2.24, 2.45) is 10.7 Å². The van der Waals surface area contributed by atoms with Crippen LogP contribution < -0.4 is 5.73 Å². The lowest BCUT2D eigenvalue weighted by Crippen LogP contribution is -2.42. The lowest BCUT2D eigenvalue weighted by atomic mass is 10.2. The zero-order chi connectivity index (χ0) is 7.78. The van der Waals surface area contributed by atoms with Crippen LogP contribution in [0.4, 0.5) is 8.78 Å². The molecule has 0 fully saturated rings. The van der Waals surface area contributed by atoms with Gasteiger partial charge in [-0.05, 0) is 6.92 Å². The first-order valence-electron chi connectivity index (χ1n) is 2.86. The molecule has 0 saturated heterocycles. The average Bonchev–Trinajstić information content (AvgIpc) is 1.81. The number of hydrogen-bond acceptors (Lipinski definition) is 3. The summed E-state index contributed by atoms with van der Waals surface area (Å²) in [5.74, 6) is -2.87. The molecule has 1 atom stereocenters. The van der Waals surface area contributed by atoms with Crippen molar-refractivity contribution >= 4 is 6.02 Å². The van der Waals surface area contributed by atoms with Gasteiger partial charge in [-0.25, -0.2) is 13.8 Å². The van der Waals surface area contributed by atoms with E-state index < -0.39 is 18.6 Å². The maximum Gasteiger partial charge on any atom is 0.303 e. The molecule has 0 spiro atoms. The van der Waals surface area contributed by atoms with Crippen LogP contribution in [-0.4, -0.2) is 24.6 Å². The third-order valence-electron chi connectivity index (χ3n) is 1.34. The highest BCUT2D eigenvalue weighted by molar-refractivity contribution is 5.72. The number of rotatable bonds is 0. The van der Waals surface area contributed by atoms with Gasteiger partial charge >= 0.3 is 5.92 Å². The predicted molar refractivity (Wildman–Crippen MR) is 32.0 cm³/mol. The Morgan fingerprint density at radius 3 is 2.80 bits per heavy atom. The van der Waals surface area contributed by atoms with Crippen molar-refractivity contribution in [2.75, 3.05) is 6.61 Å². The van der Waals surface area contributed by atoms with Crippen LogP contribution in [0.1, 0.15) is 6.92 Å². The van der Waals surface area contributed by atoms with Gasteiger partial charge in [0.2, 0.25) is 0 Å². The monoisotopic (exact) mass is 150 g/mol. The molecule has 1 heterocycles. The normalized spacial score (nSPS) is 30.7. The van der Waals surface area contributed by atoms with Gasteiger partial charge in [0.15, 0.2) is 6.61 Å². The molecule has 0 aromatic carbocycles. The van der Waals surface area contributed by atoms with Crippen LogP contribution in [0.15, 0.2) is 4.99 Å². The van der Waals surface area contributed by atoms with E-state index in [0.717, 1.165) is 0 Å². The Morgan fingerprint density at radius 2 is 2.40 bits per heavy atom. The molecule has 0 radical (unpaired) electrons. The molecule has 0 amide bonds. The molecule has 3 nitrogen and oxygen atoms in total. The Labute approximate surface area is 56.9 Å². The molecule has 58 valence electrons. The molecule has 2 N–H and O–H groups in total. The second kappa shape index (κ2) is 2.07. The van der Waals surface area contributed by atoms with E-state index in [2.05, 4.69) is 9.73 Å². The average molecular weight is 150 g/mol. The van der Waals surface area contributed by atoms with Crippen LogP contribution >= 0.6 is 0 Å². The Kier molecular flexibility index (Phi) is 1.50. The summed E-state index contributed by atoms with van der Waals surface area (Å²) < 4.78 is 29.3. The number of aliphatic imine (C=N–C) groups is 1. The summed E-state index contributed by atoms with van der Waals surface area (Å²) in [6.45, 7) is 0.638. The topological polar surface area (TPSA) is 47.6 Å². The maximum absolute atomic E-state index is 12.5. The van der Waals surface area contributed by atoms with E-state index in [4.69, 9.17) is 5.73 Å². The summed E-state index contributed by atoms with van der Waals surface area (Å²) in [6.07, 6.45) is 0. The number of nitrogens with two attached hydrogens (primary N) is 1. The molecule has 0 aliphatic carbocycles. The summed E-state index contributed by atoms with van der Waals surface area (Å²) in [7, 11) is 0. The molecule has 0 saturated carbocycles. The molecular formula is C5H8F2N2O. The Hall–Kier alpha value is -0.870. The fourth-order valence-corrected chi connectivity index (χ4v) is 0.613. The van der Waals surface area contributed by atoms with Gasteiger partial charge in [-0.3, -0.25) is 0 Å². The van der Waals surface area contributed by atoms with E-state index >= 15 is 0 Å². The quantitative estimate of drug-likeness (QED) is 0.541. The van der Waals surface area contributed by atoms with Crippen molar-refractivity contribution in [3.8, 4) is 0 Å². The van der Waals surface area contributed by atoms with Crippen molar-refractivity contribution in [1.82, 2.24) is 0 Å². The van der Waals surface area contributed by atoms with Crippen LogP contribution in [0.25, 0.3) is 0 Å². The van der Waals surface area contributed by atoms with Crippen molar-refractivity contribution in [2.45, 2.75) is 18.9 Å². The molecule has 0 aromatic rings. The standard InChI is InChI=1S/C5H8F2N2O/c1-3-5(6,7)2-10-4(8)9-3/h3H,2H2,1H3,(H2,8,9). The second-order valence-corrected chi connectivity index (χ2v) is 2.19. The Bertz CT molecular complexity index is 169. The van der Waals surface area contributed by atoms with E-state index in [1.807, 2.05) is 0 Å². The van der Waals surface area contributed by atoms with E-state index in [9.17, 15) is 8.78 Å². The molecule has 1 unspecified atom stereocenters. The molecular weight excluding hydrogens is 142 g/mol. The summed E-state index contributed by atoms with van der Waals surface area (Å²) >= 11 is 0. The van der Waals surface area contributed by atoms with Gasteiger partial charge in [0.25, 0.3) is 6.02 Å². The smallest absolute Gasteiger partial charge is 0.303 e. The fourth-order valence-electron chi connectivity index (χ4n) is 0.613. The maximum atomic E-state index is 12.5. The van der Waals surface area contributed by atoms with Gasteiger partial charge < -0.3 is 10.5 Å². The molecule has 10 heavy (non-hydrogen) atoms. The number of halogens is 2. The van der Waals surface area contributed by atoms with Crippen LogP contribution in [0.3, 0.4) is 0 Å². The predicted octanol–water partition coefficient (Wildman–Crippen LogP) is 0.355. The first-order chi connectivity index (χ1) is 4.52. The summed E-state index contributed by atoms with van der Waals surface area (Å²) in [5, 5.41) is 0. The minimum atomic E-state index is -2.87. The van der Waals surface area contributed by atoms with Gasteiger partial charge in [-0.15, -0.1) is 0 Å². The van der Waals surface area contributed by atoms with Crippen LogP contribution in [0, 0.1) is 0 Å². The van der Waals surface area contributed by atoms with Gasteiger partial charge in [0.1, 0.15) is 6.04 Å². The van der Waals surface area contributed by atoms with Crippen LogP contribution in [0.5, 0.6) is 0 Å². The minimum absolute atomic E-state index is 0.154. The van der Waals surface area contributed by atoms with Gasteiger partial charge in [-0.2, -0.15) is 0 Å². The Balaban J connectivity index is 2.74. The lowest BCUT2D eigenvalue weighted by molar-refractivity contribution is -0.0722. The summed E-state index contributed by atoms with van der Waals surface area (Å²) in [6, 6.07) is -1.22. The number of nitrogens with zero attached hydrogens (tertiary/aromatic N) is 1. The first-order valence-corrected chi connectivity index (χ1v) is 2.86. The number of alkyl halides is 2. The van der Waals surface area contributed by atoms with Crippen molar-refractivity contribution in [3.05, 3.63) is 0 Å². The molecule has 1 rings (SSSR count). The first kappa shape index (κ1) is 7.24. The van der Waals surface area contributed by atoms with E-state index in [1.165, 1.54) is 6.92 Å². The molecule has 1 aliphatic heterocycles. The molecule has 0 bridgehead atoms. The second-order valence-electron chi connectivity index (χ2n) is 2.19. The van der Waals surface area contributed by atoms with Gasteiger partial charge in [0.05, 0.1) is 0 Å². The van der Waals surface area contributed by atoms with E-state index in [-0.39, 0.29) is 6.02 Å². The zero-order valence-corrected chi connectivity index (χ0v) is 5.47. The van der Waals surface area contributed by atoms with Crippen LogP contribution in [0.2, 0.25) is 0 Å². The highest BCUT2D eigenvalue weighted by atomic mass is 19.3. The minimum Gasteiger partial charge on any atom is -0.459 e. The third kappa shape index (κ3) is 1.17. The Morgan fingerprint density at radius 1 is 1.80 bits per heavy atom. The highest BCUT2D eigenvalue weighted by Crippen LogP contribution is 2.24. The summed E-state index contributed by atoms with van der Waals surface area (Å²) in [5.41, 5.74) is 5.04. The van der Waals surface area contributed by atoms with Crippen molar-refractivity contribution in [3.63, 3.8) is 0 Å². The zero-order valence-electron chi connectivity index (χ0n) is 5.47. The van der Waals surface area contributed by atoms with Gasteiger partial charge in [-0.1, -0.05) is 0 Å². The van der Waals surface area contributed by atoms with E-state index in [0.29, 0.717) is 0 Å². The molecule has 5 heteroatoms. The third-order valence-corrected chi connectivity index (χ3v) is 1.34. The summed E-state index contributed by atoms with van der Waals surface area (Å²) in [4.78, 5) is 3.36. The van der Waals surface area contributed by atoms with Crippen molar-refractivity contribution in [1.29, 1.82) is 0 Å². The van der Waals surface area contributed by atoms with Crippen LogP contribution in [-0.2, 0) is 4.74 Å². The lowest BCUT2D eigenvalue weighted by Gasteiger charge is -2.24. The molecule has 0 aromatic heterocycles. The fraction of sp³-hybridized carbons (Fsp3) is 0.800. The van der Waals surface area contributed by atoms with E-state index in [1.54, 1.807) is 0 Å². The number of amidine groups is 1. The number of ether oxygens (including phenoxy) is 1.